The van der Waals surface area contributed by atoms with Crippen molar-refractivity contribution in [3.05, 3.63) is 156 Å². The Kier molecular flexibility index (Phi) is 15.2. The van der Waals surface area contributed by atoms with Crippen LogP contribution in [0.15, 0.2) is 118 Å². The number of thiazole rings is 2. The summed E-state index contributed by atoms with van der Waals surface area (Å²) in [6.45, 7) is 8.21. The molecule has 0 radical (unpaired) electrons. The number of hydrogen-bond acceptors (Lipinski definition) is 15. The highest BCUT2D eigenvalue weighted by molar-refractivity contribution is 7.89. The predicted molar refractivity (Wildman–Crippen MR) is 251 cm³/mol. The lowest BCUT2D eigenvalue weighted by Gasteiger charge is -2.33. The van der Waals surface area contributed by atoms with E-state index in [1.165, 1.54) is 68.3 Å². The molecule has 4 heterocycles. The van der Waals surface area contributed by atoms with E-state index in [4.69, 9.17) is 14.7 Å². The lowest BCUT2D eigenvalue weighted by Crippen LogP contribution is -2.48. The molecule has 2 aliphatic rings. The lowest BCUT2D eigenvalue weighted by atomic mass is 10.1. The quantitative estimate of drug-likeness (QED) is 0.0735. The van der Waals surface area contributed by atoms with Gasteiger partial charge < -0.3 is 14.5 Å². The Balaban J connectivity index is 0.000000194. The summed E-state index contributed by atoms with van der Waals surface area (Å²) < 4.78 is 59.9. The van der Waals surface area contributed by atoms with Gasteiger partial charge in [0.1, 0.15) is 5.75 Å². The molecule has 2 saturated heterocycles. The number of rotatable bonds is 15. The van der Waals surface area contributed by atoms with Crippen LogP contribution in [0.3, 0.4) is 0 Å². The van der Waals surface area contributed by atoms with Crippen molar-refractivity contribution in [1.29, 1.82) is 0 Å². The van der Waals surface area contributed by atoms with E-state index >= 15 is 0 Å². The monoisotopic (exact) mass is 960 g/mol. The third-order valence-electron chi connectivity index (χ3n) is 10.9. The van der Waals surface area contributed by atoms with Gasteiger partial charge in [-0.05, 0) is 66.4 Å². The molecular weight excluding hydrogens is 913 g/mol. The molecule has 65 heavy (non-hydrogen) atoms. The molecule has 0 amide bonds. The smallest absolute Gasteiger partial charge is 0.269 e. The maximum Gasteiger partial charge on any atom is 0.269 e. The second-order valence-electron chi connectivity index (χ2n) is 15.1. The van der Waals surface area contributed by atoms with Gasteiger partial charge in [0.2, 0.25) is 20.0 Å². The summed E-state index contributed by atoms with van der Waals surface area (Å²) in [5.74, 6) is 0.849. The number of hydrogen-bond donors (Lipinski definition) is 0. The van der Waals surface area contributed by atoms with Gasteiger partial charge in [-0.2, -0.15) is 8.61 Å². The standard InChI is InChI=1S/C22H24N4O5S2.C22H24N4O4S2/c1-2-31-20-7-3-17(4-8-20)15-18-16-32-22(23-18)24-11-13-25(14-12-24)33(29,30)21-9-5-19(6-10-21)26(27)28;1-2-17-3-5-18(6-4-17)15-19-16-31-22(23-19)24-11-13-25(14-12-24)32(29,30)21-9-7-20(8-10-21)26(27)28/h3-10,16H,2,11-15H2,1H3;3-10,16H,2,11-15H2,1H3. The van der Waals surface area contributed by atoms with Gasteiger partial charge in [0.05, 0.1) is 37.6 Å². The third kappa shape index (κ3) is 11.7. The highest BCUT2D eigenvalue weighted by Gasteiger charge is 2.31. The first-order chi connectivity index (χ1) is 31.2. The van der Waals surface area contributed by atoms with Crippen molar-refractivity contribution in [1.82, 2.24) is 18.6 Å². The van der Waals surface area contributed by atoms with Crippen LogP contribution in [0.5, 0.6) is 5.75 Å². The van der Waals surface area contributed by atoms with Crippen LogP contribution in [-0.2, 0) is 39.3 Å². The van der Waals surface area contributed by atoms with Gasteiger partial charge in [0, 0.05) is 100 Å². The van der Waals surface area contributed by atoms with Crippen LogP contribution in [-0.4, -0.2) is 104 Å². The molecule has 8 rings (SSSR count). The number of non-ortho nitro benzene ring substituents is 2. The molecule has 0 aliphatic carbocycles. The Morgan fingerprint density at radius 2 is 0.923 bits per heavy atom. The van der Waals surface area contributed by atoms with Crippen molar-refractivity contribution < 1.29 is 31.4 Å². The zero-order valence-electron chi connectivity index (χ0n) is 35.8. The van der Waals surface area contributed by atoms with E-state index in [2.05, 4.69) is 46.4 Å². The van der Waals surface area contributed by atoms with E-state index in [9.17, 15) is 37.1 Å². The van der Waals surface area contributed by atoms with Crippen molar-refractivity contribution in [3.63, 3.8) is 0 Å². The Bertz CT molecular complexity index is 2770. The topological polar surface area (TPSA) is 203 Å². The summed E-state index contributed by atoms with van der Waals surface area (Å²) >= 11 is 3.13. The average Bonchev–Trinajstić information content (AvgIpc) is 4.00. The minimum Gasteiger partial charge on any atom is -0.494 e. The van der Waals surface area contributed by atoms with Gasteiger partial charge in [0.25, 0.3) is 11.4 Å². The first-order valence-electron chi connectivity index (χ1n) is 20.9. The number of ether oxygens (including phenoxy) is 1. The van der Waals surface area contributed by atoms with E-state index in [1.54, 1.807) is 22.7 Å². The van der Waals surface area contributed by atoms with Crippen molar-refractivity contribution in [2.45, 2.75) is 42.9 Å². The maximum absolute atomic E-state index is 12.9. The largest absolute Gasteiger partial charge is 0.494 e. The first kappa shape index (κ1) is 47.1. The number of anilines is 2. The molecule has 17 nitrogen and oxygen atoms in total. The molecule has 6 aromatic rings. The van der Waals surface area contributed by atoms with E-state index < -0.39 is 29.9 Å². The average molecular weight is 961 g/mol. The van der Waals surface area contributed by atoms with Gasteiger partial charge in [-0.15, -0.1) is 22.7 Å². The van der Waals surface area contributed by atoms with E-state index in [0.717, 1.165) is 52.2 Å². The van der Waals surface area contributed by atoms with Crippen molar-refractivity contribution in [2.24, 2.45) is 0 Å². The lowest BCUT2D eigenvalue weighted by molar-refractivity contribution is -0.385. The molecule has 0 bridgehead atoms. The second-order valence-corrected chi connectivity index (χ2v) is 20.7. The zero-order valence-corrected chi connectivity index (χ0v) is 39.0. The fourth-order valence-electron chi connectivity index (χ4n) is 7.24. The SMILES string of the molecule is CCOc1ccc(Cc2csc(N3CCN(S(=O)(=O)c4ccc([N+](=O)[O-])cc4)CC3)n2)cc1.CCc1ccc(Cc2csc(N3CCN(S(=O)(=O)c4ccc([N+](=O)[O-])cc4)CC3)n2)cc1. The molecular formula is C44H48N8O9S4. The van der Waals surface area contributed by atoms with E-state index in [1.807, 2.05) is 36.6 Å². The molecule has 21 heteroatoms. The first-order valence-corrected chi connectivity index (χ1v) is 25.5. The molecule has 0 spiro atoms. The van der Waals surface area contributed by atoms with Crippen LogP contribution in [0.4, 0.5) is 21.6 Å². The molecule has 2 fully saturated rings. The van der Waals surface area contributed by atoms with Crippen molar-refractivity contribution in [2.75, 3.05) is 68.8 Å². The molecule has 342 valence electrons. The highest BCUT2D eigenvalue weighted by atomic mass is 32.2. The van der Waals surface area contributed by atoms with Crippen molar-refractivity contribution in [3.8, 4) is 5.75 Å². The summed E-state index contributed by atoms with van der Waals surface area (Å²) in [5, 5.41) is 27.5. The summed E-state index contributed by atoms with van der Waals surface area (Å²) in [7, 11) is -7.38. The number of nitro groups is 2. The van der Waals surface area contributed by atoms with Crippen LogP contribution >= 0.6 is 22.7 Å². The van der Waals surface area contributed by atoms with Gasteiger partial charge in [0.15, 0.2) is 10.3 Å². The number of nitrogens with zero attached hydrogens (tertiary/aromatic N) is 8. The number of aryl methyl sites for hydroxylation is 1. The minimum absolute atomic E-state index is 0.0634. The number of benzene rings is 4. The van der Waals surface area contributed by atoms with Gasteiger partial charge >= 0.3 is 0 Å². The number of sulfonamides is 2. The molecule has 0 atom stereocenters. The normalized spacial score (nSPS) is 15.0. The van der Waals surface area contributed by atoms with Crippen LogP contribution in [0.1, 0.15) is 41.9 Å². The summed E-state index contributed by atoms with van der Waals surface area (Å²) in [6.07, 6.45) is 2.51. The summed E-state index contributed by atoms with van der Waals surface area (Å²) in [4.78, 5) is 34.3. The zero-order chi connectivity index (χ0) is 46.1. The van der Waals surface area contributed by atoms with Crippen LogP contribution in [0.2, 0.25) is 0 Å². The molecule has 0 saturated carbocycles. The number of nitro benzene ring substituents is 2. The fraction of sp³-hybridized carbons (Fsp3) is 0.318. The maximum atomic E-state index is 12.9. The molecule has 4 aromatic carbocycles. The number of piperazine rings is 2. The second kappa shape index (κ2) is 21.0. The van der Waals surface area contributed by atoms with Crippen LogP contribution < -0.4 is 14.5 Å². The van der Waals surface area contributed by atoms with Gasteiger partial charge in [-0.3, -0.25) is 20.2 Å². The molecule has 2 aliphatic heterocycles. The Morgan fingerprint density at radius 1 is 0.554 bits per heavy atom. The highest BCUT2D eigenvalue weighted by Crippen LogP contribution is 2.28. The van der Waals surface area contributed by atoms with E-state index in [0.29, 0.717) is 59.0 Å². The molecule has 2 aromatic heterocycles. The number of aromatic nitrogens is 2. The Morgan fingerprint density at radius 3 is 1.28 bits per heavy atom. The van der Waals surface area contributed by atoms with Gasteiger partial charge in [-0.25, -0.2) is 26.8 Å². The predicted octanol–water partition coefficient (Wildman–Crippen LogP) is 7.27. The van der Waals surface area contributed by atoms with E-state index in [-0.39, 0.29) is 21.2 Å². The Hall–Kier alpha value is -5.84. The van der Waals surface area contributed by atoms with Crippen LogP contribution in [0, 0.1) is 20.2 Å². The summed E-state index contributed by atoms with van der Waals surface area (Å²) in [6, 6.07) is 26.6. The van der Waals surface area contributed by atoms with Crippen molar-refractivity contribution >= 4 is 64.4 Å². The minimum atomic E-state index is -3.70. The van der Waals surface area contributed by atoms with Crippen LogP contribution in [0.25, 0.3) is 0 Å². The molecule has 0 unspecified atom stereocenters. The molecule has 0 N–H and O–H groups in total. The van der Waals surface area contributed by atoms with Gasteiger partial charge in [-0.1, -0.05) is 43.3 Å². The third-order valence-corrected chi connectivity index (χ3v) is 16.6. The fourth-order valence-corrected chi connectivity index (χ4v) is 11.8. The summed E-state index contributed by atoms with van der Waals surface area (Å²) in [5.41, 5.74) is 5.40. The Labute approximate surface area is 386 Å².